The van der Waals surface area contributed by atoms with Gasteiger partial charge in [-0.15, -0.1) is 0 Å². The summed E-state index contributed by atoms with van der Waals surface area (Å²) < 4.78 is 6.42. The first-order valence-corrected chi connectivity index (χ1v) is 7.97. The summed E-state index contributed by atoms with van der Waals surface area (Å²) in [6.45, 7) is 0.127. The van der Waals surface area contributed by atoms with Gasteiger partial charge in [0.25, 0.3) is 0 Å². The molecule has 0 aromatic heterocycles. The lowest BCUT2D eigenvalue weighted by molar-refractivity contribution is 0.224. The van der Waals surface area contributed by atoms with Gasteiger partial charge >= 0.3 is 0 Å². The molecule has 1 N–H and O–H groups in total. The van der Waals surface area contributed by atoms with Gasteiger partial charge in [0.2, 0.25) is 0 Å². The molecular formula is C17H18BrClO2. The van der Waals surface area contributed by atoms with Crippen LogP contribution in [0.25, 0.3) is 0 Å². The van der Waals surface area contributed by atoms with E-state index in [4.69, 9.17) is 16.3 Å². The maximum absolute atomic E-state index is 9.67. The molecule has 2 aromatic rings. The molecule has 1 atom stereocenters. The van der Waals surface area contributed by atoms with Crippen LogP contribution in [0.15, 0.2) is 46.9 Å². The van der Waals surface area contributed by atoms with Crippen molar-refractivity contribution in [3.05, 3.63) is 63.1 Å². The predicted molar refractivity (Wildman–Crippen MR) is 90.1 cm³/mol. The van der Waals surface area contributed by atoms with Crippen LogP contribution in [-0.4, -0.2) is 18.8 Å². The van der Waals surface area contributed by atoms with E-state index in [1.54, 1.807) is 7.11 Å². The molecule has 112 valence electrons. The van der Waals surface area contributed by atoms with Crippen LogP contribution in [0, 0.1) is 5.92 Å². The van der Waals surface area contributed by atoms with E-state index in [0.717, 1.165) is 28.6 Å². The Bertz CT molecular complexity index is 601. The summed E-state index contributed by atoms with van der Waals surface area (Å²) in [5, 5.41) is 10.4. The number of rotatable bonds is 6. The lowest BCUT2D eigenvalue weighted by Crippen LogP contribution is -2.13. The van der Waals surface area contributed by atoms with Crippen molar-refractivity contribution < 1.29 is 9.84 Å². The van der Waals surface area contributed by atoms with Crippen molar-refractivity contribution in [3.63, 3.8) is 0 Å². The predicted octanol–water partition coefficient (Wildman–Crippen LogP) is 4.50. The van der Waals surface area contributed by atoms with Crippen LogP contribution in [0.2, 0.25) is 5.02 Å². The molecule has 4 heteroatoms. The quantitative estimate of drug-likeness (QED) is 0.812. The smallest absolute Gasteiger partial charge is 0.122 e. The Hall–Kier alpha value is -1.03. The van der Waals surface area contributed by atoms with Crippen molar-refractivity contribution >= 4 is 27.5 Å². The van der Waals surface area contributed by atoms with E-state index in [0.29, 0.717) is 5.02 Å². The highest BCUT2D eigenvalue weighted by atomic mass is 79.9. The molecule has 0 radical (unpaired) electrons. The van der Waals surface area contributed by atoms with Crippen LogP contribution in [0.3, 0.4) is 0 Å². The van der Waals surface area contributed by atoms with Crippen LogP contribution in [0.5, 0.6) is 5.75 Å². The topological polar surface area (TPSA) is 29.5 Å². The summed E-state index contributed by atoms with van der Waals surface area (Å²) in [4.78, 5) is 0. The van der Waals surface area contributed by atoms with Crippen LogP contribution in [0.4, 0.5) is 0 Å². The normalized spacial score (nSPS) is 12.2. The maximum atomic E-state index is 9.67. The molecule has 2 rings (SSSR count). The first kappa shape index (κ1) is 16.3. The fourth-order valence-corrected chi connectivity index (χ4v) is 3.06. The summed E-state index contributed by atoms with van der Waals surface area (Å²) >= 11 is 9.53. The Morgan fingerprint density at radius 3 is 2.67 bits per heavy atom. The van der Waals surface area contributed by atoms with Gasteiger partial charge in [0, 0.05) is 16.1 Å². The first-order valence-electron chi connectivity index (χ1n) is 6.80. The van der Waals surface area contributed by atoms with Gasteiger partial charge in [-0.1, -0.05) is 39.7 Å². The third-order valence-electron chi connectivity index (χ3n) is 3.42. The average Bonchev–Trinajstić information content (AvgIpc) is 2.47. The van der Waals surface area contributed by atoms with Crippen LogP contribution in [-0.2, 0) is 12.8 Å². The third-order valence-corrected chi connectivity index (χ3v) is 4.15. The number of halogens is 2. The molecule has 0 heterocycles. The van der Waals surface area contributed by atoms with Gasteiger partial charge in [-0.2, -0.15) is 0 Å². The number of benzene rings is 2. The first-order chi connectivity index (χ1) is 10.1. The summed E-state index contributed by atoms with van der Waals surface area (Å²) in [6, 6.07) is 13.7. The number of hydrogen-bond acceptors (Lipinski definition) is 2. The number of hydrogen-bond donors (Lipinski definition) is 1. The summed E-state index contributed by atoms with van der Waals surface area (Å²) in [5.74, 6) is 0.943. The molecule has 2 aromatic carbocycles. The van der Waals surface area contributed by atoms with Gasteiger partial charge < -0.3 is 9.84 Å². The zero-order chi connectivity index (χ0) is 15.2. The summed E-state index contributed by atoms with van der Waals surface area (Å²) in [7, 11) is 1.65. The molecule has 0 spiro atoms. The standard InChI is InChI=1S/C17H18BrClO2/c1-21-17-6-5-16(19)10-14(17)8-13(11-20)7-12-3-2-4-15(18)9-12/h2-6,9-10,13,20H,7-8,11H2,1H3. The van der Waals surface area contributed by atoms with Gasteiger partial charge in [0.15, 0.2) is 0 Å². The van der Waals surface area contributed by atoms with Crippen molar-refractivity contribution in [1.82, 2.24) is 0 Å². The minimum atomic E-state index is 0.127. The molecule has 0 aliphatic carbocycles. The molecule has 0 saturated heterocycles. The van der Waals surface area contributed by atoms with E-state index in [1.807, 2.05) is 30.3 Å². The second-order valence-electron chi connectivity index (χ2n) is 5.04. The van der Waals surface area contributed by atoms with Crippen LogP contribution < -0.4 is 4.74 Å². The second kappa shape index (κ2) is 7.83. The minimum Gasteiger partial charge on any atom is -0.496 e. The lowest BCUT2D eigenvalue weighted by Gasteiger charge is -2.17. The zero-order valence-corrected chi connectivity index (χ0v) is 14.2. The highest BCUT2D eigenvalue weighted by molar-refractivity contribution is 9.10. The number of aliphatic hydroxyl groups excluding tert-OH is 1. The molecule has 2 nitrogen and oxygen atoms in total. The van der Waals surface area contributed by atoms with E-state index >= 15 is 0 Å². The molecule has 0 aliphatic rings. The third kappa shape index (κ3) is 4.73. The van der Waals surface area contributed by atoms with Gasteiger partial charge in [0.05, 0.1) is 7.11 Å². The Balaban J connectivity index is 2.14. The number of aliphatic hydroxyl groups is 1. The molecule has 0 fully saturated rings. The van der Waals surface area contributed by atoms with Crippen molar-refractivity contribution in [2.45, 2.75) is 12.8 Å². The fraction of sp³-hybridized carbons (Fsp3) is 0.294. The Kier molecular flexibility index (Phi) is 6.09. The largest absolute Gasteiger partial charge is 0.496 e. The molecule has 0 saturated carbocycles. The molecular weight excluding hydrogens is 352 g/mol. The van der Waals surface area contributed by atoms with Gasteiger partial charge in [-0.25, -0.2) is 0 Å². The molecule has 1 unspecified atom stereocenters. The highest BCUT2D eigenvalue weighted by Crippen LogP contribution is 2.26. The second-order valence-corrected chi connectivity index (χ2v) is 6.40. The lowest BCUT2D eigenvalue weighted by atomic mass is 9.93. The minimum absolute atomic E-state index is 0.127. The Labute approximate surface area is 138 Å². The van der Waals surface area contributed by atoms with Crippen LogP contribution in [0.1, 0.15) is 11.1 Å². The van der Waals surface area contributed by atoms with Crippen LogP contribution >= 0.6 is 27.5 Å². The number of ether oxygens (including phenoxy) is 1. The van der Waals surface area contributed by atoms with Crippen molar-refractivity contribution in [2.24, 2.45) is 5.92 Å². The molecule has 0 bridgehead atoms. The summed E-state index contributed by atoms with van der Waals surface area (Å²) in [5.41, 5.74) is 2.23. The molecule has 21 heavy (non-hydrogen) atoms. The van der Waals surface area contributed by atoms with Crippen molar-refractivity contribution in [2.75, 3.05) is 13.7 Å². The zero-order valence-electron chi connectivity index (χ0n) is 11.9. The van der Waals surface area contributed by atoms with Crippen molar-refractivity contribution in [3.8, 4) is 5.75 Å². The molecule has 0 aliphatic heterocycles. The Morgan fingerprint density at radius 2 is 2.00 bits per heavy atom. The van der Waals surface area contributed by atoms with Gasteiger partial charge in [0.1, 0.15) is 5.75 Å². The Morgan fingerprint density at radius 1 is 1.19 bits per heavy atom. The van der Waals surface area contributed by atoms with Gasteiger partial charge in [-0.3, -0.25) is 0 Å². The maximum Gasteiger partial charge on any atom is 0.122 e. The van der Waals surface area contributed by atoms with E-state index in [9.17, 15) is 5.11 Å². The summed E-state index contributed by atoms with van der Waals surface area (Å²) in [6.07, 6.45) is 1.54. The average molecular weight is 370 g/mol. The van der Waals surface area contributed by atoms with E-state index in [1.165, 1.54) is 5.56 Å². The van der Waals surface area contributed by atoms with E-state index in [2.05, 4.69) is 28.1 Å². The van der Waals surface area contributed by atoms with Gasteiger partial charge in [-0.05, 0) is 60.2 Å². The van der Waals surface area contributed by atoms with E-state index in [-0.39, 0.29) is 12.5 Å². The number of methoxy groups -OCH3 is 1. The van der Waals surface area contributed by atoms with Crippen molar-refractivity contribution in [1.29, 1.82) is 0 Å². The monoisotopic (exact) mass is 368 g/mol. The fourth-order valence-electron chi connectivity index (χ4n) is 2.42. The highest BCUT2D eigenvalue weighted by Gasteiger charge is 2.13. The SMILES string of the molecule is COc1ccc(Cl)cc1CC(CO)Cc1cccc(Br)c1. The van der Waals surface area contributed by atoms with E-state index < -0.39 is 0 Å². The molecule has 0 amide bonds.